The number of carbonyl (C=O) groups is 1. The van der Waals surface area contributed by atoms with E-state index in [4.69, 9.17) is 5.73 Å². The number of sulfonamides is 1. The van der Waals surface area contributed by atoms with Crippen LogP contribution in [0.25, 0.3) is 0 Å². The molecule has 1 amide bonds. The highest BCUT2D eigenvalue weighted by atomic mass is 32.2. The van der Waals surface area contributed by atoms with E-state index in [1.807, 2.05) is 0 Å². The third-order valence-corrected chi connectivity index (χ3v) is 4.98. The molecule has 110 valence electrons. The molecule has 0 aromatic heterocycles. The first kappa shape index (κ1) is 15.0. The molecule has 1 aliphatic heterocycles. The van der Waals surface area contributed by atoms with Crippen molar-refractivity contribution in [1.82, 2.24) is 10.0 Å². The van der Waals surface area contributed by atoms with Gasteiger partial charge in [-0.3, -0.25) is 4.79 Å². The van der Waals surface area contributed by atoms with Crippen molar-refractivity contribution in [3.63, 3.8) is 0 Å². The molecule has 0 bridgehead atoms. The largest absolute Gasteiger partial charge is 0.355 e. The maximum absolute atomic E-state index is 12.3. The Morgan fingerprint density at radius 2 is 2.20 bits per heavy atom. The van der Waals surface area contributed by atoms with E-state index in [-0.39, 0.29) is 10.8 Å². The summed E-state index contributed by atoms with van der Waals surface area (Å²) in [7, 11) is -3.70. The van der Waals surface area contributed by atoms with Crippen LogP contribution in [0, 0.1) is 6.92 Å². The van der Waals surface area contributed by atoms with E-state index in [0.29, 0.717) is 25.1 Å². The Hall–Kier alpha value is -1.44. The molecule has 1 atom stereocenters. The van der Waals surface area contributed by atoms with Gasteiger partial charge in [0, 0.05) is 13.1 Å². The van der Waals surface area contributed by atoms with Crippen LogP contribution in [0.3, 0.4) is 0 Å². The quantitative estimate of drug-likeness (QED) is 0.728. The molecule has 2 rings (SSSR count). The third-order valence-electron chi connectivity index (χ3n) is 3.35. The molecule has 6 nitrogen and oxygen atoms in total. The van der Waals surface area contributed by atoms with E-state index in [1.54, 1.807) is 19.1 Å². The molecular weight excluding hydrogens is 278 g/mol. The lowest BCUT2D eigenvalue weighted by Gasteiger charge is -2.23. The number of nitrogens with one attached hydrogen (secondary N) is 2. The van der Waals surface area contributed by atoms with Crippen LogP contribution in [0.2, 0.25) is 0 Å². The van der Waals surface area contributed by atoms with Gasteiger partial charge in [-0.25, -0.2) is 8.42 Å². The summed E-state index contributed by atoms with van der Waals surface area (Å²) in [5, 5.41) is 2.66. The van der Waals surface area contributed by atoms with Gasteiger partial charge < -0.3 is 11.1 Å². The Kier molecular flexibility index (Phi) is 4.42. The smallest absolute Gasteiger partial charge is 0.241 e. The van der Waals surface area contributed by atoms with Gasteiger partial charge in [-0.15, -0.1) is 0 Å². The predicted molar refractivity (Wildman–Crippen MR) is 75.4 cm³/mol. The molecule has 0 aliphatic carbocycles. The van der Waals surface area contributed by atoms with E-state index >= 15 is 0 Å². The zero-order valence-electron chi connectivity index (χ0n) is 11.3. The standard InChI is InChI=1S/C13H19N3O3S/c1-9-7-10(8-14)4-5-12(9)20(18,19)16-11-3-2-6-15-13(11)17/h4-5,7,11,16H,2-3,6,8,14H2,1H3,(H,15,17). The van der Waals surface area contributed by atoms with Crippen LogP contribution >= 0.6 is 0 Å². The number of amides is 1. The van der Waals surface area contributed by atoms with E-state index in [0.717, 1.165) is 12.0 Å². The molecule has 1 heterocycles. The average Bonchev–Trinajstić information content (AvgIpc) is 2.40. The molecule has 1 fully saturated rings. The highest BCUT2D eigenvalue weighted by molar-refractivity contribution is 7.89. The summed E-state index contributed by atoms with van der Waals surface area (Å²) in [4.78, 5) is 11.8. The lowest BCUT2D eigenvalue weighted by atomic mass is 10.1. The van der Waals surface area contributed by atoms with Crippen molar-refractivity contribution in [1.29, 1.82) is 0 Å². The van der Waals surface area contributed by atoms with Gasteiger partial charge in [-0.05, 0) is 37.0 Å². The minimum absolute atomic E-state index is 0.188. The van der Waals surface area contributed by atoms with Gasteiger partial charge in [0.1, 0.15) is 6.04 Å². The van der Waals surface area contributed by atoms with Gasteiger partial charge in [0.2, 0.25) is 15.9 Å². The second kappa shape index (κ2) is 5.90. The van der Waals surface area contributed by atoms with Crippen LogP contribution < -0.4 is 15.8 Å². The zero-order chi connectivity index (χ0) is 14.8. The summed E-state index contributed by atoms with van der Waals surface area (Å²) in [6, 6.07) is 4.26. The molecule has 1 aromatic carbocycles. The lowest BCUT2D eigenvalue weighted by molar-refractivity contribution is -0.124. The number of hydrogen-bond donors (Lipinski definition) is 3. The summed E-state index contributed by atoms with van der Waals surface area (Å²) in [5.74, 6) is -0.268. The van der Waals surface area contributed by atoms with E-state index < -0.39 is 16.1 Å². The fraction of sp³-hybridized carbons (Fsp3) is 0.462. The van der Waals surface area contributed by atoms with Crippen molar-refractivity contribution < 1.29 is 13.2 Å². The molecule has 1 saturated heterocycles. The predicted octanol–water partition coefficient (Wildman–Crippen LogP) is 0.0106. The molecule has 7 heteroatoms. The van der Waals surface area contributed by atoms with Crippen LogP contribution in [0.5, 0.6) is 0 Å². The van der Waals surface area contributed by atoms with Crippen molar-refractivity contribution in [3.05, 3.63) is 29.3 Å². The molecule has 0 spiro atoms. The first-order valence-corrected chi connectivity index (χ1v) is 8.02. The molecule has 0 radical (unpaired) electrons. The summed E-state index contributed by atoms with van der Waals surface area (Å²) >= 11 is 0. The minimum Gasteiger partial charge on any atom is -0.355 e. The number of benzene rings is 1. The van der Waals surface area contributed by atoms with Crippen LogP contribution in [0.1, 0.15) is 24.0 Å². The number of aryl methyl sites for hydroxylation is 1. The summed E-state index contributed by atoms with van der Waals surface area (Å²) in [6.07, 6.45) is 1.29. The monoisotopic (exact) mass is 297 g/mol. The SMILES string of the molecule is Cc1cc(CN)ccc1S(=O)(=O)NC1CCCNC1=O. The van der Waals surface area contributed by atoms with Gasteiger partial charge in [0.25, 0.3) is 0 Å². The van der Waals surface area contributed by atoms with Crippen molar-refractivity contribution in [3.8, 4) is 0 Å². The molecule has 4 N–H and O–H groups in total. The minimum atomic E-state index is -3.70. The maximum atomic E-state index is 12.3. The summed E-state index contributed by atoms with van der Waals surface area (Å²) < 4.78 is 27.2. The number of piperidine rings is 1. The van der Waals surface area contributed by atoms with Crippen LogP contribution in [0.4, 0.5) is 0 Å². The average molecular weight is 297 g/mol. The second-order valence-corrected chi connectivity index (χ2v) is 6.59. The molecule has 20 heavy (non-hydrogen) atoms. The van der Waals surface area contributed by atoms with Crippen molar-refractivity contribution >= 4 is 15.9 Å². The van der Waals surface area contributed by atoms with Gasteiger partial charge in [-0.2, -0.15) is 4.72 Å². The van der Waals surface area contributed by atoms with Gasteiger partial charge in [0.05, 0.1) is 4.90 Å². The fourth-order valence-electron chi connectivity index (χ4n) is 2.28. The number of carbonyl (C=O) groups excluding carboxylic acids is 1. The Labute approximate surface area is 118 Å². The summed E-state index contributed by atoms with van der Waals surface area (Å²) in [6.45, 7) is 2.68. The maximum Gasteiger partial charge on any atom is 0.241 e. The molecule has 1 unspecified atom stereocenters. The van der Waals surface area contributed by atoms with Crippen molar-refractivity contribution in [2.75, 3.05) is 6.54 Å². The van der Waals surface area contributed by atoms with Gasteiger partial charge >= 0.3 is 0 Å². The Bertz CT molecular complexity index is 613. The van der Waals surface area contributed by atoms with Crippen molar-refractivity contribution in [2.24, 2.45) is 5.73 Å². The first-order valence-electron chi connectivity index (χ1n) is 6.53. The second-order valence-electron chi connectivity index (χ2n) is 4.91. The number of hydrogen-bond acceptors (Lipinski definition) is 4. The Morgan fingerprint density at radius 3 is 2.80 bits per heavy atom. The Balaban J connectivity index is 2.24. The zero-order valence-corrected chi connectivity index (χ0v) is 12.2. The molecule has 1 aliphatic rings. The highest BCUT2D eigenvalue weighted by Gasteiger charge is 2.28. The molecular formula is C13H19N3O3S. The molecule has 0 saturated carbocycles. The summed E-state index contributed by atoms with van der Waals surface area (Å²) in [5.41, 5.74) is 7.02. The van der Waals surface area contributed by atoms with E-state index in [9.17, 15) is 13.2 Å². The fourth-order valence-corrected chi connectivity index (χ4v) is 3.73. The number of rotatable bonds is 4. The number of nitrogens with two attached hydrogens (primary N) is 1. The van der Waals surface area contributed by atoms with Crippen LogP contribution in [-0.2, 0) is 21.4 Å². The first-order chi connectivity index (χ1) is 9.44. The van der Waals surface area contributed by atoms with Crippen LogP contribution in [0.15, 0.2) is 23.1 Å². The Morgan fingerprint density at radius 1 is 1.45 bits per heavy atom. The van der Waals surface area contributed by atoms with Crippen molar-refractivity contribution in [2.45, 2.75) is 37.2 Å². The topological polar surface area (TPSA) is 101 Å². The van der Waals surface area contributed by atoms with Gasteiger partial charge in [-0.1, -0.05) is 12.1 Å². The third kappa shape index (κ3) is 3.17. The lowest BCUT2D eigenvalue weighted by Crippen LogP contribution is -2.50. The normalized spacial score (nSPS) is 19.7. The highest BCUT2D eigenvalue weighted by Crippen LogP contribution is 2.18. The molecule has 1 aromatic rings. The van der Waals surface area contributed by atoms with E-state index in [2.05, 4.69) is 10.0 Å². The van der Waals surface area contributed by atoms with Crippen LogP contribution in [-0.4, -0.2) is 26.9 Å². The van der Waals surface area contributed by atoms with E-state index in [1.165, 1.54) is 6.07 Å². The van der Waals surface area contributed by atoms with Gasteiger partial charge in [0.15, 0.2) is 0 Å².